The van der Waals surface area contributed by atoms with E-state index >= 15 is 0 Å². The molecule has 0 aliphatic heterocycles. The minimum atomic E-state index is 0.563. The normalized spacial score (nSPS) is 11.1. The molecule has 8 heteroatoms. The standard InChI is InChI=1S/C18H16Cl3N3OS/c1-25-9-8-24-17(12-2-5-14(19)6-3-12)22-23-18(24)26-11-13-4-7-15(20)10-16(13)21/h2-7,10H,8-9,11H2,1H3. The molecular weight excluding hydrogens is 413 g/mol. The Balaban J connectivity index is 1.85. The molecule has 0 fully saturated rings. The smallest absolute Gasteiger partial charge is 0.191 e. The highest BCUT2D eigenvalue weighted by Crippen LogP contribution is 2.30. The first-order valence-electron chi connectivity index (χ1n) is 7.83. The second kappa shape index (κ2) is 9.11. The lowest BCUT2D eigenvalue weighted by molar-refractivity contribution is 0.185. The van der Waals surface area contributed by atoms with Crippen molar-refractivity contribution in [3.05, 3.63) is 63.1 Å². The van der Waals surface area contributed by atoms with Crippen LogP contribution >= 0.6 is 46.6 Å². The number of nitrogens with zero attached hydrogens (tertiary/aromatic N) is 3. The minimum absolute atomic E-state index is 0.563. The molecule has 0 atom stereocenters. The van der Waals surface area contributed by atoms with Crippen LogP contribution in [-0.2, 0) is 17.0 Å². The second-order valence-electron chi connectivity index (χ2n) is 5.48. The van der Waals surface area contributed by atoms with Crippen LogP contribution in [0, 0.1) is 0 Å². The Morgan fingerprint density at radius 3 is 2.42 bits per heavy atom. The summed E-state index contributed by atoms with van der Waals surface area (Å²) >= 11 is 19.8. The van der Waals surface area contributed by atoms with Crippen molar-refractivity contribution >= 4 is 46.6 Å². The Morgan fingerprint density at radius 1 is 1.00 bits per heavy atom. The van der Waals surface area contributed by atoms with Crippen LogP contribution in [-0.4, -0.2) is 28.5 Å². The number of hydrogen-bond acceptors (Lipinski definition) is 4. The molecule has 0 N–H and O–H groups in total. The fourth-order valence-electron chi connectivity index (χ4n) is 2.37. The van der Waals surface area contributed by atoms with Gasteiger partial charge in [-0.2, -0.15) is 0 Å². The third-order valence-electron chi connectivity index (χ3n) is 3.71. The molecule has 0 saturated heterocycles. The van der Waals surface area contributed by atoms with E-state index in [0.717, 1.165) is 22.1 Å². The van der Waals surface area contributed by atoms with E-state index in [2.05, 4.69) is 10.2 Å². The Hall–Kier alpha value is -1.24. The Labute approximate surface area is 171 Å². The molecular formula is C18H16Cl3N3OS. The molecule has 0 amide bonds. The van der Waals surface area contributed by atoms with Crippen molar-refractivity contribution in [2.75, 3.05) is 13.7 Å². The van der Waals surface area contributed by atoms with E-state index in [0.29, 0.717) is 34.0 Å². The van der Waals surface area contributed by atoms with Crippen LogP contribution < -0.4 is 0 Å². The molecule has 0 unspecified atom stereocenters. The second-order valence-corrected chi connectivity index (χ2v) is 7.70. The van der Waals surface area contributed by atoms with E-state index in [9.17, 15) is 0 Å². The van der Waals surface area contributed by atoms with Gasteiger partial charge in [-0.05, 0) is 42.0 Å². The molecule has 0 radical (unpaired) electrons. The molecule has 0 aliphatic rings. The molecule has 3 rings (SSSR count). The van der Waals surface area contributed by atoms with Crippen LogP contribution in [0.1, 0.15) is 5.56 Å². The molecule has 3 aromatic rings. The Morgan fingerprint density at radius 2 is 1.73 bits per heavy atom. The van der Waals surface area contributed by atoms with Crippen LogP contribution in [0.5, 0.6) is 0 Å². The van der Waals surface area contributed by atoms with Crippen LogP contribution in [0.4, 0.5) is 0 Å². The van der Waals surface area contributed by atoms with Gasteiger partial charge in [-0.25, -0.2) is 0 Å². The maximum atomic E-state index is 6.26. The molecule has 26 heavy (non-hydrogen) atoms. The number of methoxy groups -OCH3 is 1. The molecule has 0 spiro atoms. The van der Waals surface area contributed by atoms with Crippen molar-refractivity contribution in [1.82, 2.24) is 14.8 Å². The molecule has 1 aromatic heterocycles. The van der Waals surface area contributed by atoms with Gasteiger partial charge < -0.3 is 4.74 Å². The quantitative estimate of drug-likeness (QED) is 0.443. The van der Waals surface area contributed by atoms with Crippen molar-refractivity contribution in [2.24, 2.45) is 0 Å². The predicted molar refractivity (Wildman–Crippen MR) is 108 cm³/mol. The average Bonchev–Trinajstić information content (AvgIpc) is 3.02. The molecule has 1 heterocycles. The summed E-state index contributed by atoms with van der Waals surface area (Å²) in [4.78, 5) is 0. The van der Waals surface area contributed by atoms with Crippen LogP contribution in [0.3, 0.4) is 0 Å². The number of ether oxygens (including phenoxy) is 1. The number of thioether (sulfide) groups is 1. The topological polar surface area (TPSA) is 39.9 Å². The highest BCUT2D eigenvalue weighted by molar-refractivity contribution is 7.98. The molecule has 2 aromatic carbocycles. The SMILES string of the molecule is COCCn1c(SCc2ccc(Cl)cc2Cl)nnc1-c1ccc(Cl)cc1. The lowest BCUT2D eigenvalue weighted by Crippen LogP contribution is -2.07. The van der Waals surface area contributed by atoms with Crippen LogP contribution in [0.15, 0.2) is 47.6 Å². The fraction of sp³-hybridized carbons (Fsp3) is 0.222. The summed E-state index contributed by atoms with van der Waals surface area (Å²) in [6.07, 6.45) is 0. The number of halogens is 3. The summed E-state index contributed by atoms with van der Waals surface area (Å²) < 4.78 is 7.28. The van der Waals surface area contributed by atoms with E-state index in [1.54, 1.807) is 24.9 Å². The first kappa shape index (κ1) is 19.5. The Kier molecular flexibility index (Phi) is 6.84. The van der Waals surface area contributed by atoms with Gasteiger partial charge in [0.1, 0.15) is 0 Å². The molecule has 0 saturated carbocycles. The average molecular weight is 429 g/mol. The van der Waals surface area contributed by atoms with E-state index in [1.165, 1.54) is 0 Å². The van der Waals surface area contributed by atoms with Gasteiger partial charge in [-0.1, -0.05) is 52.6 Å². The Bertz CT molecular complexity index is 884. The maximum Gasteiger partial charge on any atom is 0.191 e. The minimum Gasteiger partial charge on any atom is -0.383 e. The van der Waals surface area contributed by atoms with Gasteiger partial charge in [0.25, 0.3) is 0 Å². The van der Waals surface area contributed by atoms with Crippen LogP contribution in [0.25, 0.3) is 11.4 Å². The monoisotopic (exact) mass is 427 g/mol. The van der Waals surface area contributed by atoms with Gasteiger partial charge in [0.15, 0.2) is 11.0 Å². The molecule has 0 bridgehead atoms. The zero-order valence-corrected chi connectivity index (χ0v) is 17.0. The number of benzene rings is 2. The first-order valence-corrected chi connectivity index (χ1v) is 9.95. The lowest BCUT2D eigenvalue weighted by atomic mass is 10.2. The summed E-state index contributed by atoms with van der Waals surface area (Å²) in [5, 5.41) is 11.5. The first-order chi connectivity index (χ1) is 12.6. The van der Waals surface area contributed by atoms with Crippen LogP contribution in [0.2, 0.25) is 15.1 Å². The van der Waals surface area contributed by atoms with Gasteiger partial charge >= 0.3 is 0 Å². The largest absolute Gasteiger partial charge is 0.383 e. The highest BCUT2D eigenvalue weighted by Gasteiger charge is 2.15. The van der Waals surface area contributed by atoms with Gasteiger partial charge in [0, 0.05) is 33.5 Å². The maximum absolute atomic E-state index is 6.26. The molecule has 0 aliphatic carbocycles. The van der Waals surface area contributed by atoms with Gasteiger partial charge in [0.05, 0.1) is 13.2 Å². The summed E-state index contributed by atoms with van der Waals surface area (Å²) in [6, 6.07) is 13.0. The van der Waals surface area contributed by atoms with E-state index in [1.807, 2.05) is 41.0 Å². The van der Waals surface area contributed by atoms with Gasteiger partial charge in [-0.3, -0.25) is 4.57 Å². The zero-order chi connectivity index (χ0) is 18.5. The van der Waals surface area contributed by atoms with E-state index in [4.69, 9.17) is 39.5 Å². The van der Waals surface area contributed by atoms with Gasteiger partial charge in [-0.15, -0.1) is 10.2 Å². The third-order valence-corrected chi connectivity index (χ3v) is 5.56. The van der Waals surface area contributed by atoms with Crippen molar-refractivity contribution in [3.8, 4) is 11.4 Å². The van der Waals surface area contributed by atoms with Crippen molar-refractivity contribution in [2.45, 2.75) is 17.5 Å². The molecule has 136 valence electrons. The number of aromatic nitrogens is 3. The number of hydrogen-bond donors (Lipinski definition) is 0. The van der Waals surface area contributed by atoms with E-state index < -0.39 is 0 Å². The van der Waals surface area contributed by atoms with Gasteiger partial charge in [0.2, 0.25) is 0 Å². The van der Waals surface area contributed by atoms with Crippen molar-refractivity contribution in [1.29, 1.82) is 0 Å². The summed E-state index contributed by atoms with van der Waals surface area (Å²) in [6.45, 7) is 1.21. The van der Waals surface area contributed by atoms with Crippen molar-refractivity contribution in [3.63, 3.8) is 0 Å². The zero-order valence-electron chi connectivity index (χ0n) is 14.0. The lowest BCUT2D eigenvalue weighted by Gasteiger charge is -2.10. The summed E-state index contributed by atoms with van der Waals surface area (Å²) in [5.41, 5.74) is 1.95. The van der Waals surface area contributed by atoms with Crippen molar-refractivity contribution < 1.29 is 4.74 Å². The fourth-order valence-corrected chi connectivity index (χ4v) is 4.02. The highest BCUT2D eigenvalue weighted by atomic mass is 35.5. The third kappa shape index (κ3) is 4.72. The number of rotatable bonds is 7. The van der Waals surface area contributed by atoms with E-state index in [-0.39, 0.29) is 0 Å². The summed E-state index contributed by atoms with van der Waals surface area (Å²) in [7, 11) is 1.67. The predicted octanol–water partition coefficient (Wildman–Crippen LogP) is 5.84. The molecule has 4 nitrogen and oxygen atoms in total. The summed E-state index contributed by atoms with van der Waals surface area (Å²) in [5.74, 6) is 1.45.